The quantitative estimate of drug-likeness (QED) is 0.193. The molecule has 1 aromatic heterocycles. The van der Waals surface area contributed by atoms with E-state index in [1.807, 2.05) is 18.2 Å². The van der Waals surface area contributed by atoms with Crippen molar-refractivity contribution >= 4 is 41.0 Å². The summed E-state index contributed by atoms with van der Waals surface area (Å²) in [5, 5.41) is 15.2. The van der Waals surface area contributed by atoms with Crippen molar-refractivity contribution in [1.29, 1.82) is 5.26 Å². The summed E-state index contributed by atoms with van der Waals surface area (Å²) in [6.07, 6.45) is 9.26. The molecule has 4 heterocycles. The largest absolute Gasteiger partial charge is 0.490 e. The topological polar surface area (TPSA) is 170 Å². The number of carbonyl (C=O) groups excluding carboxylic acids is 4. The first-order valence-electron chi connectivity index (χ1n) is 22.5. The number of halogens is 1. The fraction of sp³-hybridized carbons (Fsp3) is 0.562. The lowest BCUT2D eigenvalue weighted by Gasteiger charge is -2.63. The molecule has 14 nitrogen and oxygen atoms in total. The number of imide groups is 1. The fourth-order valence-corrected chi connectivity index (χ4v) is 11.8. The van der Waals surface area contributed by atoms with Crippen molar-refractivity contribution in [2.45, 2.75) is 135 Å². The van der Waals surface area contributed by atoms with Gasteiger partial charge in [0.2, 0.25) is 11.8 Å². The SMILES string of the molecule is CC(C)N(CC1CCN(c2cnc(C(=O)N[C@H]3C(C)(C)[C@H](Oc4ccc(C#N)c(Cl)c4)C3(C)C)cn2)CC1)[C@H]1C[C@H](Oc2ccc3c(c2)C(=O)N(C2CCC(=O)NC2=O)C32CC2)C1. The number of fused-ring (bicyclic) bond motifs is 2. The van der Waals surface area contributed by atoms with Gasteiger partial charge in [-0.25, -0.2) is 9.97 Å². The summed E-state index contributed by atoms with van der Waals surface area (Å²) in [6.45, 7) is 15.5. The summed E-state index contributed by atoms with van der Waals surface area (Å²) in [5.41, 5.74) is 1.00. The van der Waals surface area contributed by atoms with Gasteiger partial charge in [0, 0.05) is 79.5 Å². The number of hydrogen-bond acceptors (Lipinski definition) is 11. The minimum Gasteiger partial charge on any atom is -0.490 e. The first-order chi connectivity index (χ1) is 30.0. The van der Waals surface area contributed by atoms with Gasteiger partial charge in [0.1, 0.15) is 47.3 Å². The number of ether oxygens (including phenoxy) is 2. The monoisotopic (exact) mass is 876 g/mol. The van der Waals surface area contributed by atoms with Crippen LogP contribution in [0.5, 0.6) is 11.5 Å². The maximum atomic E-state index is 13.8. The Hall–Kier alpha value is -5.26. The Morgan fingerprint density at radius 1 is 0.984 bits per heavy atom. The smallest absolute Gasteiger partial charge is 0.271 e. The number of nitriles is 1. The first-order valence-corrected chi connectivity index (χ1v) is 22.9. The van der Waals surface area contributed by atoms with Crippen LogP contribution in [0, 0.1) is 28.1 Å². The molecule has 3 aliphatic heterocycles. The number of amides is 4. The number of rotatable bonds is 12. The van der Waals surface area contributed by atoms with E-state index in [9.17, 15) is 24.4 Å². The van der Waals surface area contributed by atoms with Gasteiger partial charge >= 0.3 is 0 Å². The third kappa shape index (κ3) is 7.68. The molecule has 3 aromatic rings. The van der Waals surface area contributed by atoms with Crippen LogP contribution in [-0.4, -0.2) is 99.4 Å². The molecule has 5 fully saturated rings. The summed E-state index contributed by atoms with van der Waals surface area (Å²) in [5.74, 6) is 1.50. The van der Waals surface area contributed by atoms with E-state index < -0.39 is 22.4 Å². The molecule has 15 heteroatoms. The van der Waals surface area contributed by atoms with Gasteiger partial charge < -0.3 is 24.6 Å². The maximum Gasteiger partial charge on any atom is 0.271 e. The van der Waals surface area contributed by atoms with Crippen molar-refractivity contribution in [3.63, 3.8) is 0 Å². The molecule has 3 aliphatic carbocycles. The Labute approximate surface area is 374 Å². The van der Waals surface area contributed by atoms with Gasteiger partial charge in [0.05, 0.1) is 28.5 Å². The Morgan fingerprint density at radius 3 is 2.30 bits per heavy atom. The Morgan fingerprint density at radius 2 is 1.68 bits per heavy atom. The lowest BCUT2D eigenvalue weighted by molar-refractivity contribution is -0.164. The molecular formula is C48H57ClN8O6. The highest BCUT2D eigenvalue weighted by Crippen LogP contribution is 2.58. The molecule has 2 saturated heterocycles. The molecule has 63 heavy (non-hydrogen) atoms. The lowest BCUT2D eigenvalue weighted by Crippen LogP contribution is -2.74. The van der Waals surface area contributed by atoms with Crippen LogP contribution in [0.2, 0.25) is 5.02 Å². The van der Waals surface area contributed by atoms with Gasteiger partial charge in [-0.3, -0.25) is 29.4 Å². The van der Waals surface area contributed by atoms with Crippen molar-refractivity contribution in [3.05, 3.63) is 76.2 Å². The van der Waals surface area contributed by atoms with Crippen LogP contribution in [0.25, 0.3) is 0 Å². The summed E-state index contributed by atoms with van der Waals surface area (Å²) >= 11 is 6.26. The normalized spacial score (nSPS) is 26.7. The summed E-state index contributed by atoms with van der Waals surface area (Å²) in [6, 6.07) is 13.0. The van der Waals surface area contributed by atoms with Crippen molar-refractivity contribution in [3.8, 4) is 17.6 Å². The van der Waals surface area contributed by atoms with Crippen LogP contribution < -0.4 is 25.0 Å². The average molecular weight is 877 g/mol. The van der Waals surface area contributed by atoms with Crippen molar-refractivity contribution in [2.75, 3.05) is 24.5 Å². The van der Waals surface area contributed by atoms with E-state index in [0.717, 1.165) is 69.5 Å². The van der Waals surface area contributed by atoms with E-state index in [4.69, 9.17) is 21.1 Å². The highest BCUT2D eigenvalue weighted by atomic mass is 35.5. The number of piperidine rings is 2. The van der Waals surface area contributed by atoms with Crippen LogP contribution in [0.1, 0.15) is 125 Å². The van der Waals surface area contributed by atoms with Gasteiger partial charge in [-0.05, 0) is 81.7 Å². The minimum absolute atomic E-state index is 0.0650. The Balaban J connectivity index is 0.740. The molecule has 1 atom stereocenters. The van der Waals surface area contributed by atoms with E-state index in [2.05, 4.69) is 78.0 Å². The molecule has 0 radical (unpaired) electrons. The number of benzene rings is 2. The summed E-state index contributed by atoms with van der Waals surface area (Å²) in [7, 11) is 0. The van der Waals surface area contributed by atoms with Crippen LogP contribution in [-0.2, 0) is 15.1 Å². The number of nitrogens with one attached hydrogen (secondary N) is 2. The van der Waals surface area contributed by atoms with Crippen molar-refractivity contribution in [2.24, 2.45) is 16.7 Å². The molecule has 1 unspecified atom stereocenters. The fourth-order valence-electron chi connectivity index (χ4n) is 11.6. The standard InChI is InChI=1S/C48H57ClN8O6/c1-27(2)56(30-19-33(20-30)62-31-9-10-35-34(21-31)43(61)57(48(35)15-16-48)38-11-12-40(58)53-42(38)60)26-28-13-17-55(18-14-28)39-25-51-37(24-52-39)41(59)54-44-46(3,4)45(47(44,5)6)63-32-8-7-29(23-50)36(49)22-32/h7-10,21-22,24-25,27-28,30,33,38,44-45H,11-20,26H2,1-6H3,(H,54,59)(H,53,58,60)/t30-,33-,38?,44-,45-. The number of nitrogens with zero attached hydrogens (tertiary/aromatic N) is 6. The third-order valence-electron chi connectivity index (χ3n) is 14.9. The lowest BCUT2D eigenvalue weighted by atomic mass is 9.49. The molecule has 1 spiro atoms. The summed E-state index contributed by atoms with van der Waals surface area (Å²) in [4.78, 5) is 67.6. The number of hydrogen-bond donors (Lipinski definition) is 2. The maximum absolute atomic E-state index is 13.8. The average Bonchev–Trinajstić information content (AvgIpc) is 4.00. The van der Waals surface area contributed by atoms with Gasteiger partial charge in [-0.1, -0.05) is 45.4 Å². The second-order valence-corrected chi connectivity index (χ2v) is 20.4. The minimum atomic E-state index is -0.628. The molecule has 4 amide bonds. The number of aromatic nitrogens is 2. The van der Waals surface area contributed by atoms with Crippen molar-refractivity contribution < 1.29 is 28.7 Å². The van der Waals surface area contributed by atoms with Crippen LogP contribution >= 0.6 is 11.6 Å². The van der Waals surface area contributed by atoms with E-state index in [1.165, 1.54) is 0 Å². The van der Waals surface area contributed by atoms with Gasteiger partial charge in [0.25, 0.3) is 11.8 Å². The van der Waals surface area contributed by atoms with Crippen LogP contribution in [0.3, 0.4) is 0 Å². The van der Waals surface area contributed by atoms with Crippen LogP contribution in [0.15, 0.2) is 48.8 Å². The molecule has 332 valence electrons. The first kappa shape index (κ1) is 43.0. The van der Waals surface area contributed by atoms with E-state index in [1.54, 1.807) is 35.5 Å². The Kier molecular flexibility index (Phi) is 11.0. The molecule has 6 aliphatic rings. The zero-order valence-electron chi connectivity index (χ0n) is 36.9. The predicted molar refractivity (Wildman–Crippen MR) is 235 cm³/mol. The molecule has 2 aromatic carbocycles. The van der Waals surface area contributed by atoms with Gasteiger partial charge in [-0.15, -0.1) is 0 Å². The number of carbonyl (C=O) groups is 4. The van der Waals surface area contributed by atoms with E-state index >= 15 is 0 Å². The summed E-state index contributed by atoms with van der Waals surface area (Å²) < 4.78 is 12.8. The zero-order valence-corrected chi connectivity index (χ0v) is 37.7. The van der Waals surface area contributed by atoms with Crippen LogP contribution in [0.4, 0.5) is 5.82 Å². The molecule has 0 bridgehead atoms. The third-order valence-corrected chi connectivity index (χ3v) is 15.2. The highest BCUT2D eigenvalue weighted by molar-refractivity contribution is 6.31. The molecule has 9 rings (SSSR count). The second kappa shape index (κ2) is 16.1. The van der Waals surface area contributed by atoms with E-state index in [-0.39, 0.29) is 54.0 Å². The van der Waals surface area contributed by atoms with Crippen molar-refractivity contribution in [1.82, 2.24) is 30.4 Å². The van der Waals surface area contributed by atoms with E-state index in [0.29, 0.717) is 52.1 Å². The van der Waals surface area contributed by atoms with Gasteiger partial charge in [0.15, 0.2) is 0 Å². The molecular weight excluding hydrogens is 820 g/mol. The zero-order chi connectivity index (χ0) is 44.6. The second-order valence-electron chi connectivity index (χ2n) is 20.0. The van der Waals surface area contributed by atoms with Gasteiger partial charge in [-0.2, -0.15) is 5.26 Å². The highest BCUT2D eigenvalue weighted by Gasteiger charge is 2.64. The molecule has 2 N–H and O–H groups in total. The Bertz CT molecular complexity index is 2350. The molecule has 3 saturated carbocycles. The predicted octanol–water partition coefficient (Wildman–Crippen LogP) is 6.40. The number of anilines is 1.